The molecule has 0 aliphatic carbocycles. The van der Waals surface area contributed by atoms with Crippen molar-refractivity contribution in [1.29, 1.82) is 0 Å². The third-order valence-electron chi connectivity index (χ3n) is 5.44. The number of carbonyl (C=O) groups excluding carboxylic acids is 2. The number of hydrogen-bond acceptors (Lipinski definition) is 4. The van der Waals surface area contributed by atoms with Crippen LogP contribution in [0.5, 0.6) is 0 Å². The molecular weight excluding hydrogens is 435 g/mol. The standard InChI is InChI=1S/C27H25FN2O4/c1-3-33-14-13-30-26(31)20-6-4-5-18(15-20)19-9-12-23-22(16-19)24(27(32)29-2)25(34-23)17-7-10-21(28)11-8-17/h4-12,15-16H,3,13-14H2,1-2H3,(H,29,32)(H,30,31). The summed E-state index contributed by atoms with van der Waals surface area (Å²) in [6.45, 7) is 3.39. The number of hydrogen-bond donors (Lipinski definition) is 2. The molecule has 4 rings (SSSR count). The number of furan rings is 1. The number of amides is 2. The lowest BCUT2D eigenvalue weighted by atomic mass is 9.99. The molecule has 1 heterocycles. The van der Waals surface area contributed by atoms with Gasteiger partial charge in [0.05, 0.1) is 12.2 Å². The minimum atomic E-state index is -0.370. The van der Waals surface area contributed by atoms with Gasteiger partial charge in [0.15, 0.2) is 0 Å². The predicted molar refractivity (Wildman–Crippen MR) is 129 cm³/mol. The maximum Gasteiger partial charge on any atom is 0.255 e. The highest BCUT2D eigenvalue weighted by Crippen LogP contribution is 2.36. The number of fused-ring (bicyclic) bond motifs is 1. The molecule has 2 N–H and O–H groups in total. The molecule has 34 heavy (non-hydrogen) atoms. The van der Waals surface area contributed by atoms with Gasteiger partial charge in [-0.15, -0.1) is 0 Å². The highest BCUT2D eigenvalue weighted by Gasteiger charge is 2.22. The molecule has 174 valence electrons. The Morgan fingerprint density at radius 3 is 2.41 bits per heavy atom. The average molecular weight is 461 g/mol. The van der Waals surface area contributed by atoms with E-state index in [9.17, 15) is 14.0 Å². The van der Waals surface area contributed by atoms with Gasteiger partial charge in [0.2, 0.25) is 0 Å². The van der Waals surface area contributed by atoms with E-state index in [1.165, 1.54) is 12.1 Å². The van der Waals surface area contributed by atoms with E-state index < -0.39 is 0 Å². The Bertz CT molecular complexity index is 1330. The average Bonchev–Trinajstić information content (AvgIpc) is 3.25. The van der Waals surface area contributed by atoms with Gasteiger partial charge in [-0.25, -0.2) is 4.39 Å². The van der Waals surface area contributed by atoms with Gasteiger partial charge >= 0.3 is 0 Å². The van der Waals surface area contributed by atoms with Gasteiger partial charge < -0.3 is 19.8 Å². The van der Waals surface area contributed by atoms with Crippen LogP contribution in [0.4, 0.5) is 4.39 Å². The van der Waals surface area contributed by atoms with Gasteiger partial charge in [-0.1, -0.05) is 18.2 Å². The maximum absolute atomic E-state index is 13.4. The Balaban J connectivity index is 1.72. The molecule has 0 aliphatic rings. The summed E-state index contributed by atoms with van der Waals surface area (Å²) in [5, 5.41) is 6.12. The highest BCUT2D eigenvalue weighted by atomic mass is 19.1. The number of ether oxygens (including phenoxy) is 1. The Labute approximate surface area is 196 Å². The predicted octanol–water partition coefficient (Wildman–Crippen LogP) is 5.03. The molecule has 1 aromatic heterocycles. The molecule has 0 unspecified atom stereocenters. The molecule has 0 saturated carbocycles. The third kappa shape index (κ3) is 4.84. The van der Waals surface area contributed by atoms with Gasteiger partial charge in [-0.3, -0.25) is 9.59 Å². The zero-order valence-electron chi connectivity index (χ0n) is 19.0. The van der Waals surface area contributed by atoms with E-state index in [-0.39, 0.29) is 17.6 Å². The third-order valence-corrected chi connectivity index (χ3v) is 5.44. The van der Waals surface area contributed by atoms with Crippen LogP contribution in [0.2, 0.25) is 0 Å². The zero-order chi connectivity index (χ0) is 24.1. The lowest BCUT2D eigenvalue weighted by Gasteiger charge is -2.08. The van der Waals surface area contributed by atoms with Gasteiger partial charge in [0.1, 0.15) is 17.2 Å². The maximum atomic E-state index is 13.4. The first-order valence-electron chi connectivity index (χ1n) is 11.0. The van der Waals surface area contributed by atoms with Crippen molar-refractivity contribution in [2.24, 2.45) is 0 Å². The number of halogens is 1. The Morgan fingerprint density at radius 1 is 0.941 bits per heavy atom. The summed E-state index contributed by atoms with van der Waals surface area (Å²) in [6, 6.07) is 18.6. The second-order valence-corrected chi connectivity index (χ2v) is 7.64. The molecule has 2 amide bonds. The summed E-state index contributed by atoms with van der Waals surface area (Å²) in [5.41, 5.74) is 3.69. The van der Waals surface area contributed by atoms with Crippen LogP contribution in [0.25, 0.3) is 33.4 Å². The fourth-order valence-corrected chi connectivity index (χ4v) is 3.76. The molecule has 0 fully saturated rings. The first kappa shape index (κ1) is 23.2. The molecule has 0 spiro atoms. The van der Waals surface area contributed by atoms with Crippen LogP contribution in [-0.4, -0.2) is 38.6 Å². The number of benzene rings is 3. The van der Waals surface area contributed by atoms with Crippen LogP contribution >= 0.6 is 0 Å². The summed E-state index contributed by atoms with van der Waals surface area (Å²) in [4.78, 5) is 25.3. The van der Waals surface area contributed by atoms with Gasteiger partial charge in [-0.2, -0.15) is 0 Å². The fourth-order valence-electron chi connectivity index (χ4n) is 3.76. The molecule has 6 nitrogen and oxygen atoms in total. The second kappa shape index (κ2) is 10.3. The minimum Gasteiger partial charge on any atom is -0.455 e. The molecule has 0 radical (unpaired) electrons. The molecule has 7 heteroatoms. The Kier molecular flexibility index (Phi) is 7.04. The lowest BCUT2D eigenvalue weighted by molar-refractivity contribution is 0.0921. The summed E-state index contributed by atoms with van der Waals surface area (Å²) >= 11 is 0. The van der Waals surface area contributed by atoms with Crippen LogP contribution in [-0.2, 0) is 4.74 Å². The number of carbonyl (C=O) groups is 2. The Morgan fingerprint density at radius 2 is 1.68 bits per heavy atom. The van der Waals surface area contributed by atoms with Crippen molar-refractivity contribution >= 4 is 22.8 Å². The van der Waals surface area contributed by atoms with Crippen molar-refractivity contribution in [2.45, 2.75) is 6.92 Å². The van der Waals surface area contributed by atoms with Crippen molar-refractivity contribution in [3.05, 3.63) is 83.7 Å². The molecule has 0 aliphatic heterocycles. The van der Waals surface area contributed by atoms with Crippen molar-refractivity contribution < 1.29 is 23.1 Å². The highest BCUT2D eigenvalue weighted by molar-refractivity contribution is 6.11. The smallest absolute Gasteiger partial charge is 0.255 e. The van der Waals surface area contributed by atoms with Gasteiger partial charge in [0, 0.05) is 36.7 Å². The summed E-state index contributed by atoms with van der Waals surface area (Å²) in [5.74, 6) is -0.493. The van der Waals surface area contributed by atoms with Crippen LogP contribution in [0.1, 0.15) is 27.6 Å². The summed E-state index contributed by atoms with van der Waals surface area (Å²) < 4.78 is 24.7. The van der Waals surface area contributed by atoms with Crippen molar-refractivity contribution in [2.75, 3.05) is 26.8 Å². The number of rotatable bonds is 8. The summed E-state index contributed by atoms with van der Waals surface area (Å²) in [6.07, 6.45) is 0. The molecule has 0 bridgehead atoms. The van der Waals surface area contributed by atoms with Gasteiger partial charge in [-0.05, 0) is 66.6 Å². The summed E-state index contributed by atoms with van der Waals surface area (Å²) in [7, 11) is 1.55. The van der Waals surface area contributed by atoms with Gasteiger partial charge in [0.25, 0.3) is 11.8 Å². The quantitative estimate of drug-likeness (QED) is 0.362. The SMILES string of the molecule is CCOCCNC(=O)c1cccc(-c2ccc3oc(-c4ccc(F)cc4)c(C(=O)NC)c3c2)c1. The topological polar surface area (TPSA) is 80.6 Å². The zero-order valence-corrected chi connectivity index (χ0v) is 19.0. The van der Waals surface area contributed by atoms with E-state index in [1.807, 2.05) is 31.2 Å². The van der Waals surface area contributed by atoms with E-state index in [4.69, 9.17) is 9.15 Å². The Hall–Kier alpha value is -3.97. The largest absolute Gasteiger partial charge is 0.455 e. The van der Waals surface area contributed by atoms with E-state index in [0.29, 0.717) is 53.2 Å². The van der Waals surface area contributed by atoms with Crippen LogP contribution in [0, 0.1) is 5.82 Å². The lowest BCUT2D eigenvalue weighted by Crippen LogP contribution is -2.27. The van der Waals surface area contributed by atoms with E-state index >= 15 is 0 Å². The fraction of sp³-hybridized carbons (Fsp3) is 0.185. The van der Waals surface area contributed by atoms with Crippen molar-refractivity contribution in [3.63, 3.8) is 0 Å². The molecular formula is C27H25FN2O4. The molecule has 0 saturated heterocycles. The molecule has 4 aromatic rings. The van der Waals surface area contributed by atoms with Crippen LogP contribution in [0.15, 0.2) is 71.1 Å². The molecule has 3 aromatic carbocycles. The van der Waals surface area contributed by atoms with Crippen LogP contribution < -0.4 is 10.6 Å². The van der Waals surface area contributed by atoms with E-state index in [1.54, 1.807) is 37.4 Å². The first-order chi connectivity index (χ1) is 16.5. The van der Waals surface area contributed by atoms with Crippen molar-refractivity contribution in [3.8, 4) is 22.5 Å². The molecule has 0 atom stereocenters. The minimum absolute atomic E-state index is 0.185. The van der Waals surface area contributed by atoms with E-state index in [2.05, 4.69) is 10.6 Å². The second-order valence-electron chi connectivity index (χ2n) is 7.64. The first-order valence-corrected chi connectivity index (χ1v) is 11.0. The van der Waals surface area contributed by atoms with Crippen LogP contribution in [0.3, 0.4) is 0 Å². The van der Waals surface area contributed by atoms with Crippen molar-refractivity contribution in [1.82, 2.24) is 10.6 Å². The number of nitrogens with one attached hydrogen (secondary N) is 2. The normalized spacial score (nSPS) is 10.9. The monoisotopic (exact) mass is 460 g/mol. The van der Waals surface area contributed by atoms with E-state index in [0.717, 1.165) is 11.1 Å².